The molecule has 3 aromatic heterocycles. The Kier molecular flexibility index (Phi) is 13.2. The summed E-state index contributed by atoms with van der Waals surface area (Å²) in [5.41, 5.74) is 4.18. The Bertz CT molecular complexity index is 1300. The summed E-state index contributed by atoms with van der Waals surface area (Å²) in [4.78, 5) is 0. The summed E-state index contributed by atoms with van der Waals surface area (Å²) in [6.45, 7) is 9.51. The first-order chi connectivity index (χ1) is 21.0. The van der Waals surface area contributed by atoms with E-state index >= 15 is 0 Å². The molecule has 0 aliphatic rings. The molecule has 236 valence electrons. The van der Waals surface area contributed by atoms with Crippen LogP contribution in [0.5, 0.6) is 5.75 Å². The molecule has 1 N–H and O–H groups in total. The molecular weight excluding hydrogens is 532 g/mol. The van der Waals surface area contributed by atoms with Gasteiger partial charge in [-0.1, -0.05) is 123 Å². The van der Waals surface area contributed by atoms with Crippen LogP contribution in [-0.4, -0.2) is 36.2 Å². The van der Waals surface area contributed by atoms with Crippen LogP contribution in [0.4, 0.5) is 0 Å². The average Bonchev–Trinajstić information content (AvgIpc) is 3.74. The second-order valence-electron chi connectivity index (χ2n) is 13.3. The van der Waals surface area contributed by atoms with E-state index in [1.807, 2.05) is 21.5 Å². The van der Waals surface area contributed by atoms with Crippen LogP contribution in [0.3, 0.4) is 0 Å². The van der Waals surface area contributed by atoms with Gasteiger partial charge in [0, 0.05) is 24.2 Å². The van der Waals surface area contributed by atoms with Crippen molar-refractivity contribution in [1.82, 2.24) is 29.6 Å². The molecule has 7 heteroatoms. The van der Waals surface area contributed by atoms with Gasteiger partial charge in [-0.25, -0.2) is 9.20 Å². The van der Waals surface area contributed by atoms with Crippen molar-refractivity contribution >= 4 is 5.65 Å². The van der Waals surface area contributed by atoms with E-state index in [9.17, 15) is 0 Å². The third kappa shape index (κ3) is 10.3. The van der Waals surface area contributed by atoms with E-state index in [4.69, 9.17) is 4.74 Å². The molecule has 0 atom stereocenters. The van der Waals surface area contributed by atoms with E-state index in [0.717, 1.165) is 47.9 Å². The zero-order valence-corrected chi connectivity index (χ0v) is 27.4. The minimum Gasteiger partial charge on any atom is -0.494 e. The highest BCUT2D eigenvalue weighted by molar-refractivity contribution is 5.63. The number of nitrogens with zero attached hydrogens (tertiary/aromatic N) is 5. The number of aromatic nitrogens is 6. The molecule has 0 aliphatic heterocycles. The van der Waals surface area contributed by atoms with Crippen molar-refractivity contribution in [2.24, 2.45) is 0 Å². The van der Waals surface area contributed by atoms with Gasteiger partial charge in [-0.05, 0) is 43.0 Å². The number of H-pyrrole nitrogens is 1. The number of ether oxygens (including phenoxy) is 1. The average molecular weight is 589 g/mol. The van der Waals surface area contributed by atoms with Crippen LogP contribution in [0.25, 0.3) is 11.3 Å². The fourth-order valence-corrected chi connectivity index (χ4v) is 5.86. The first kappa shape index (κ1) is 32.8. The summed E-state index contributed by atoms with van der Waals surface area (Å²) in [5.74, 6) is 1.85. The highest BCUT2D eigenvalue weighted by atomic mass is 16.5. The Morgan fingerprint density at radius 1 is 0.744 bits per heavy atom. The van der Waals surface area contributed by atoms with Gasteiger partial charge < -0.3 is 4.74 Å². The smallest absolute Gasteiger partial charge is 0.203 e. The van der Waals surface area contributed by atoms with Gasteiger partial charge in [0.15, 0.2) is 5.82 Å². The van der Waals surface area contributed by atoms with Gasteiger partial charge in [-0.2, -0.15) is 5.10 Å². The van der Waals surface area contributed by atoms with Crippen molar-refractivity contribution in [1.29, 1.82) is 0 Å². The van der Waals surface area contributed by atoms with Gasteiger partial charge in [0.25, 0.3) is 0 Å². The lowest BCUT2D eigenvalue weighted by atomic mass is 9.91. The fourth-order valence-electron chi connectivity index (χ4n) is 5.86. The van der Waals surface area contributed by atoms with Gasteiger partial charge in [-0.15, -0.1) is 10.2 Å². The highest BCUT2D eigenvalue weighted by Crippen LogP contribution is 2.30. The van der Waals surface area contributed by atoms with Gasteiger partial charge >= 0.3 is 0 Å². The quantitative estimate of drug-likeness (QED) is 0.0984. The molecule has 0 spiro atoms. The minimum atomic E-state index is -0.0824. The second kappa shape index (κ2) is 17.3. The summed E-state index contributed by atoms with van der Waals surface area (Å²) < 4.78 is 9.93. The van der Waals surface area contributed by atoms with E-state index in [1.165, 1.54) is 95.5 Å². The van der Waals surface area contributed by atoms with Gasteiger partial charge in [0.2, 0.25) is 5.65 Å². The third-order valence-corrected chi connectivity index (χ3v) is 8.44. The largest absolute Gasteiger partial charge is 0.494 e. The zero-order valence-electron chi connectivity index (χ0n) is 27.4. The topological polar surface area (TPSA) is 73.0 Å². The van der Waals surface area contributed by atoms with Crippen LogP contribution in [0, 0.1) is 0 Å². The molecule has 3 heterocycles. The highest BCUT2D eigenvalue weighted by Gasteiger charge is 2.27. The molecule has 0 aliphatic carbocycles. The van der Waals surface area contributed by atoms with Crippen LogP contribution in [0.2, 0.25) is 0 Å². The molecule has 0 fully saturated rings. The number of unbranched alkanes of at least 4 members (excludes halogenated alkanes) is 13. The predicted octanol–water partition coefficient (Wildman–Crippen LogP) is 9.58. The van der Waals surface area contributed by atoms with Crippen LogP contribution in [0.1, 0.15) is 141 Å². The number of nitrogens with one attached hydrogen (secondary N) is 1. The van der Waals surface area contributed by atoms with E-state index in [2.05, 4.69) is 72.4 Å². The summed E-state index contributed by atoms with van der Waals surface area (Å²) in [5, 5.41) is 17.0. The Morgan fingerprint density at radius 3 is 1.95 bits per heavy atom. The number of rotatable bonds is 21. The number of fused-ring (bicyclic) bond motifs is 1. The second-order valence-corrected chi connectivity index (χ2v) is 13.3. The minimum absolute atomic E-state index is 0.0824. The lowest BCUT2D eigenvalue weighted by Crippen LogP contribution is -2.16. The Balaban J connectivity index is 1.08. The molecule has 4 rings (SSSR count). The maximum atomic E-state index is 6.06. The molecule has 0 unspecified atom stereocenters. The monoisotopic (exact) mass is 588 g/mol. The van der Waals surface area contributed by atoms with Crippen molar-refractivity contribution in [2.75, 3.05) is 6.61 Å². The third-order valence-electron chi connectivity index (χ3n) is 8.44. The van der Waals surface area contributed by atoms with Gasteiger partial charge in [-0.3, -0.25) is 5.10 Å². The van der Waals surface area contributed by atoms with Gasteiger partial charge in [0.1, 0.15) is 11.4 Å². The summed E-state index contributed by atoms with van der Waals surface area (Å²) >= 11 is 0. The van der Waals surface area contributed by atoms with Crippen molar-refractivity contribution in [3.8, 4) is 11.4 Å². The summed E-state index contributed by atoms with van der Waals surface area (Å²) in [6, 6.07) is 10.6. The molecule has 1 aromatic carbocycles. The number of benzene rings is 1. The summed E-state index contributed by atoms with van der Waals surface area (Å²) in [6.07, 6.45) is 26.2. The normalized spacial score (nSPS) is 12.0. The molecule has 43 heavy (non-hydrogen) atoms. The molecule has 0 amide bonds. The van der Waals surface area contributed by atoms with E-state index in [0.29, 0.717) is 6.61 Å². The lowest BCUT2D eigenvalue weighted by molar-refractivity contribution is 0.309. The number of aryl methyl sites for hydroxylation is 2. The fraction of sp³-hybridized carbons (Fsp3) is 0.639. The van der Waals surface area contributed by atoms with E-state index < -0.39 is 0 Å². The van der Waals surface area contributed by atoms with E-state index in [-0.39, 0.29) is 5.41 Å². The van der Waals surface area contributed by atoms with E-state index in [1.54, 1.807) is 6.20 Å². The van der Waals surface area contributed by atoms with Crippen molar-refractivity contribution in [3.63, 3.8) is 0 Å². The molecule has 0 saturated heterocycles. The van der Waals surface area contributed by atoms with Crippen molar-refractivity contribution in [2.45, 2.75) is 142 Å². The first-order valence-electron chi connectivity index (χ1n) is 17.2. The zero-order chi connectivity index (χ0) is 30.3. The molecular formula is C36H56N6O. The summed E-state index contributed by atoms with van der Waals surface area (Å²) in [7, 11) is 0. The van der Waals surface area contributed by atoms with Crippen LogP contribution < -0.4 is 4.74 Å². The Labute approximate surface area is 259 Å². The molecule has 7 nitrogen and oxygen atoms in total. The van der Waals surface area contributed by atoms with Gasteiger partial charge in [0.05, 0.1) is 12.3 Å². The van der Waals surface area contributed by atoms with Crippen LogP contribution >= 0.6 is 0 Å². The lowest BCUT2D eigenvalue weighted by Gasteiger charge is -2.18. The first-order valence-corrected chi connectivity index (χ1v) is 17.2. The molecule has 0 radical (unpaired) electrons. The standard InChI is InChI=1S/C36H56N6O/c1-5-6-7-8-9-10-11-12-13-14-15-16-17-18-21-30-23-25-31(26-24-30)43-29-19-22-32-38-39-35-33(41-28-20-27-37-41)34(36(2,3)4)40-42(32)35/h20,23-28,40H,5-19,21-22,29H2,1-4H3. The van der Waals surface area contributed by atoms with Crippen molar-refractivity contribution < 1.29 is 4.74 Å². The van der Waals surface area contributed by atoms with Crippen LogP contribution in [0.15, 0.2) is 42.7 Å². The SMILES string of the molecule is CCCCCCCCCCCCCCCCc1ccc(OCCCc2nnc3c(-n4cccn4)c(C(C)(C)C)[nH]n23)cc1. The Morgan fingerprint density at radius 2 is 1.37 bits per heavy atom. The Hall–Kier alpha value is -3.09. The maximum Gasteiger partial charge on any atom is 0.203 e. The maximum absolute atomic E-state index is 6.06. The van der Waals surface area contributed by atoms with Crippen LogP contribution in [-0.2, 0) is 18.3 Å². The predicted molar refractivity (Wildman–Crippen MR) is 177 cm³/mol. The molecule has 0 bridgehead atoms. The number of aromatic amines is 1. The molecule has 4 aromatic rings. The number of hydrogen-bond donors (Lipinski definition) is 1. The van der Waals surface area contributed by atoms with Crippen molar-refractivity contribution in [3.05, 3.63) is 59.8 Å². The number of hydrogen-bond acceptors (Lipinski definition) is 4. The molecule has 0 saturated carbocycles.